The Bertz CT molecular complexity index is 445. The number of nitrogens with one attached hydrogen (secondary N) is 1. The second kappa shape index (κ2) is 4.97. The molecular weight excluding hydrogens is 245 g/mol. The van der Waals surface area contributed by atoms with Gasteiger partial charge in [0.15, 0.2) is 0 Å². The van der Waals surface area contributed by atoms with Crippen LogP contribution in [0.4, 0.5) is 13.2 Å². The third kappa shape index (κ3) is 3.01. The van der Waals surface area contributed by atoms with E-state index in [1.54, 1.807) is 6.07 Å². The Kier molecular flexibility index (Phi) is 3.56. The Morgan fingerprint density at radius 3 is 2.72 bits per heavy atom. The normalized spacial score (nSPS) is 16.4. The van der Waals surface area contributed by atoms with Gasteiger partial charge in [-0.1, -0.05) is 18.2 Å². The van der Waals surface area contributed by atoms with Gasteiger partial charge in [0, 0.05) is 19.5 Å². The zero-order valence-corrected chi connectivity index (χ0v) is 9.63. The summed E-state index contributed by atoms with van der Waals surface area (Å²) in [5.74, 6) is -0.0121. The van der Waals surface area contributed by atoms with Gasteiger partial charge in [-0.2, -0.15) is 13.2 Å². The van der Waals surface area contributed by atoms with Crippen molar-refractivity contribution in [3.63, 3.8) is 0 Å². The molecule has 1 saturated heterocycles. The van der Waals surface area contributed by atoms with E-state index in [0.29, 0.717) is 31.5 Å². The van der Waals surface area contributed by atoms with Crippen molar-refractivity contribution in [2.24, 2.45) is 0 Å². The van der Waals surface area contributed by atoms with Crippen LogP contribution in [0.3, 0.4) is 0 Å². The second-order valence-corrected chi connectivity index (χ2v) is 4.15. The fourth-order valence-electron chi connectivity index (χ4n) is 1.87. The van der Waals surface area contributed by atoms with Crippen molar-refractivity contribution >= 4 is 5.91 Å². The number of nitrogens with zero attached hydrogens (tertiary/aromatic N) is 1. The number of benzene rings is 1. The third-order valence-corrected chi connectivity index (χ3v) is 2.82. The summed E-state index contributed by atoms with van der Waals surface area (Å²) in [6, 6.07) is 5.19. The van der Waals surface area contributed by atoms with Crippen molar-refractivity contribution in [2.45, 2.75) is 19.0 Å². The minimum atomic E-state index is -4.32. The average molecular weight is 258 g/mol. The Hall–Kier alpha value is -1.56. The number of carbonyl (C=O) groups excluding carboxylic acids is 1. The quantitative estimate of drug-likeness (QED) is 0.899. The maximum Gasteiger partial charge on any atom is 0.416 e. The number of carbonyl (C=O) groups is 1. The number of amides is 1. The summed E-state index contributed by atoms with van der Waals surface area (Å²) in [7, 11) is 0. The molecular formula is C12H13F3N2O. The number of hydrogen-bond acceptors (Lipinski definition) is 2. The van der Waals surface area contributed by atoms with Gasteiger partial charge in [-0.05, 0) is 18.1 Å². The molecule has 1 heterocycles. The van der Waals surface area contributed by atoms with E-state index in [2.05, 4.69) is 5.43 Å². The van der Waals surface area contributed by atoms with Crippen LogP contribution in [0.25, 0.3) is 0 Å². The molecule has 1 aromatic carbocycles. The Morgan fingerprint density at radius 1 is 1.33 bits per heavy atom. The highest BCUT2D eigenvalue weighted by molar-refractivity contribution is 5.77. The summed E-state index contributed by atoms with van der Waals surface area (Å²) in [6.07, 6.45) is -3.47. The molecule has 3 nitrogen and oxygen atoms in total. The van der Waals surface area contributed by atoms with E-state index in [-0.39, 0.29) is 5.91 Å². The molecule has 0 radical (unpaired) electrons. The van der Waals surface area contributed by atoms with Gasteiger partial charge in [0.05, 0.1) is 5.56 Å². The molecule has 0 aromatic heterocycles. The van der Waals surface area contributed by atoms with E-state index < -0.39 is 11.7 Å². The van der Waals surface area contributed by atoms with Crippen LogP contribution in [0.2, 0.25) is 0 Å². The molecule has 1 N–H and O–H groups in total. The summed E-state index contributed by atoms with van der Waals surface area (Å²) in [4.78, 5) is 11.3. The van der Waals surface area contributed by atoms with Crippen LogP contribution in [0.5, 0.6) is 0 Å². The maximum atomic E-state index is 12.5. The van der Waals surface area contributed by atoms with Gasteiger partial charge in [-0.15, -0.1) is 0 Å². The van der Waals surface area contributed by atoms with E-state index in [1.807, 2.05) is 0 Å². The first kappa shape index (κ1) is 12.9. The van der Waals surface area contributed by atoms with Gasteiger partial charge >= 0.3 is 6.18 Å². The van der Waals surface area contributed by atoms with Crippen LogP contribution >= 0.6 is 0 Å². The van der Waals surface area contributed by atoms with E-state index in [9.17, 15) is 18.0 Å². The fourth-order valence-corrected chi connectivity index (χ4v) is 1.87. The Morgan fingerprint density at radius 2 is 2.11 bits per heavy atom. The Labute approximate surface area is 103 Å². The lowest BCUT2D eigenvalue weighted by Gasteiger charge is -2.16. The highest BCUT2D eigenvalue weighted by atomic mass is 19.4. The summed E-state index contributed by atoms with van der Waals surface area (Å²) in [5, 5.41) is 1.46. The zero-order valence-electron chi connectivity index (χ0n) is 9.63. The highest BCUT2D eigenvalue weighted by Crippen LogP contribution is 2.29. The molecule has 6 heteroatoms. The summed E-state index contributed by atoms with van der Waals surface area (Å²) < 4.78 is 37.5. The smallest absolute Gasteiger partial charge is 0.278 e. The van der Waals surface area contributed by atoms with Crippen LogP contribution in [-0.2, 0) is 17.4 Å². The molecule has 0 spiro atoms. The van der Waals surface area contributed by atoms with E-state index >= 15 is 0 Å². The second-order valence-electron chi connectivity index (χ2n) is 4.15. The van der Waals surface area contributed by atoms with Gasteiger partial charge in [0.1, 0.15) is 0 Å². The molecule has 1 aliphatic heterocycles. The van der Waals surface area contributed by atoms with Crippen LogP contribution < -0.4 is 5.43 Å². The highest BCUT2D eigenvalue weighted by Gasteiger charge is 2.30. The number of hydrogen-bond donors (Lipinski definition) is 1. The van der Waals surface area contributed by atoms with Crippen molar-refractivity contribution < 1.29 is 18.0 Å². The Balaban J connectivity index is 1.99. The maximum absolute atomic E-state index is 12.5. The van der Waals surface area contributed by atoms with Crippen LogP contribution in [0, 0.1) is 0 Å². The molecule has 0 saturated carbocycles. The van der Waals surface area contributed by atoms with Crippen LogP contribution in [0.15, 0.2) is 24.3 Å². The summed E-state index contributed by atoms with van der Waals surface area (Å²) >= 11 is 0. The van der Waals surface area contributed by atoms with Gasteiger partial charge in [0.25, 0.3) is 0 Å². The van der Waals surface area contributed by atoms with E-state index in [0.717, 1.165) is 12.1 Å². The molecule has 1 fully saturated rings. The lowest BCUT2D eigenvalue weighted by atomic mass is 10.1. The molecule has 1 aromatic rings. The van der Waals surface area contributed by atoms with Gasteiger partial charge < -0.3 is 0 Å². The zero-order chi connectivity index (χ0) is 13.2. The van der Waals surface area contributed by atoms with Gasteiger partial charge in [-0.25, -0.2) is 5.43 Å². The number of halogens is 3. The lowest BCUT2D eigenvalue weighted by Crippen LogP contribution is -2.35. The van der Waals surface area contributed by atoms with Crippen molar-refractivity contribution in [3.05, 3.63) is 35.4 Å². The fraction of sp³-hybridized carbons (Fsp3) is 0.417. The monoisotopic (exact) mass is 258 g/mol. The molecule has 1 aliphatic rings. The number of hydrazine groups is 1. The predicted molar refractivity (Wildman–Crippen MR) is 59.5 cm³/mol. The first-order valence-electron chi connectivity index (χ1n) is 5.67. The average Bonchev–Trinajstić information content (AvgIpc) is 2.72. The largest absolute Gasteiger partial charge is 0.416 e. The van der Waals surface area contributed by atoms with Crippen molar-refractivity contribution in [3.8, 4) is 0 Å². The molecule has 0 unspecified atom stereocenters. The van der Waals surface area contributed by atoms with Gasteiger partial charge in [-0.3, -0.25) is 9.80 Å². The third-order valence-electron chi connectivity index (χ3n) is 2.82. The predicted octanol–water partition coefficient (Wildman–Crippen LogP) is 1.98. The standard InChI is InChI=1S/C12H13F3N2O/c13-12(14,15)10-3-1-2-9(8-10)5-7-17-11(18)4-6-16-17/h1-3,8,16H,4-7H2. The molecule has 18 heavy (non-hydrogen) atoms. The SMILES string of the molecule is O=C1CCNN1CCc1cccc(C(F)(F)F)c1. The molecule has 0 aliphatic carbocycles. The van der Waals surface area contributed by atoms with Crippen molar-refractivity contribution in [2.75, 3.05) is 13.1 Å². The molecule has 1 amide bonds. The molecule has 2 rings (SSSR count). The van der Waals surface area contributed by atoms with E-state index in [1.165, 1.54) is 11.1 Å². The first-order valence-corrected chi connectivity index (χ1v) is 5.67. The van der Waals surface area contributed by atoms with Crippen molar-refractivity contribution in [1.29, 1.82) is 0 Å². The molecule has 98 valence electrons. The van der Waals surface area contributed by atoms with Crippen LogP contribution in [-0.4, -0.2) is 24.0 Å². The summed E-state index contributed by atoms with van der Waals surface area (Å²) in [5.41, 5.74) is 2.81. The first-order chi connectivity index (χ1) is 8.47. The van der Waals surface area contributed by atoms with Crippen LogP contribution in [0.1, 0.15) is 17.5 Å². The van der Waals surface area contributed by atoms with E-state index in [4.69, 9.17) is 0 Å². The minimum absolute atomic E-state index is 0.0121. The van der Waals surface area contributed by atoms with Gasteiger partial charge in [0.2, 0.25) is 5.91 Å². The lowest BCUT2D eigenvalue weighted by molar-refractivity contribution is -0.137. The van der Waals surface area contributed by atoms with Crippen molar-refractivity contribution in [1.82, 2.24) is 10.4 Å². The minimum Gasteiger partial charge on any atom is -0.278 e. The topological polar surface area (TPSA) is 32.3 Å². The number of rotatable bonds is 3. The molecule has 0 bridgehead atoms. The summed E-state index contributed by atoms with van der Waals surface area (Å²) in [6.45, 7) is 0.988. The molecule has 0 atom stereocenters. The number of alkyl halides is 3.